The van der Waals surface area contributed by atoms with E-state index >= 15 is 0 Å². The summed E-state index contributed by atoms with van der Waals surface area (Å²) in [5, 5.41) is 2.88. The van der Waals surface area contributed by atoms with Gasteiger partial charge in [0.25, 0.3) is 0 Å². The minimum atomic E-state index is -0.301. The Labute approximate surface area is 157 Å². The van der Waals surface area contributed by atoms with Crippen molar-refractivity contribution < 1.29 is 23.4 Å². The van der Waals surface area contributed by atoms with E-state index in [4.69, 9.17) is 14.2 Å². The first-order valence-electron chi connectivity index (χ1n) is 8.70. The molecule has 1 heterocycles. The molecule has 1 aliphatic rings. The van der Waals surface area contributed by atoms with E-state index < -0.39 is 0 Å². The molecule has 1 fully saturated rings. The molecule has 1 saturated heterocycles. The number of likely N-dealkylation sites (tertiary alicyclic amines) is 1. The van der Waals surface area contributed by atoms with Gasteiger partial charge in [-0.05, 0) is 30.5 Å². The van der Waals surface area contributed by atoms with Crippen LogP contribution in [-0.2, 0) is 0 Å². The highest BCUT2D eigenvalue weighted by Crippen LogP contribution is 2.40. The predicted molar refractivity (Wildman–Crippen MR) is 100 cm³/mol. The van der Waals surface area contributed by atoms with Crippen LogP contribution >= 0.6 is 0 Å². The van der Waals surface area contributed by atoms with Gasteiger partial charge in [-0.15, -0.1) is 0 Å². The first kappa shape index (κ1) is 18.8. The molecule has 3 rings (SSSR count). The van der Waals surface area contributed by atoms with Crippen molar-refractivity contribution in [2.75, 3.05) is 33.2 Å². The van der Waals surface area contributed by atoms with Gasteiger partial charge >= 0.3 is 6.03 Å². The molecule has 0 aliphatic carbocycles. The summed E-state index contributed by atoms with van der Waals surface area (Å²) in [4.78, 5) is 14.6. The van der Waals surface area contributed by atoms with Crippen LogP contribution < -0.4 is 19.5 Å². The number of carbonyl (C=O) groups is 1. The van der Waals surface area contributed by atoms with Gasteiger partial charge in [0.15, 0.2) is 11.5 Å². The molecule has 1 N–H and O–H groups in total. The van der Waals surface area contributed by atoms with Crippen LogP contribution in [0, 0.1) is 5.82 Å². The average molecular weight is 374 g/mol. The van der Waals surface area contributed by atoms with Gasteiger partial charge in [0.1, 0.15) is 5.82 Å². The van der Waals surface area contributed by atoms with Crippen LogP contribution in [0.5, 0.6) is 17.2 Å². The first-order chi connectivity index (χ1) is 13.1. The smallest absolute Gasteiger partial charge is 0.322 e. The van der Waals surface area contributed by atoms with Crippen LogP contribution in [-0.4, -0.2) is 38.8 Å². The Morgan fingerprint density at radius 3 is 2.41 bits per heavy atom. The number of nitrogens with one attached hydrogen (secondary N) is 1. The highest BCUT2D eigenvalue weighted by molar-refractivity contribution is 5.90. The fourth-order valence-corrected chi connectivity index (χ4v) is 3.42. The van der Waals surface area contributed by atoms with Crippen molar-refractivity contribution in [1.29, 1.82) is 0 Å². The number of benzene rings is 2. The van der Waals surface area contributed by atoms with Gasteiger partial charge in [0, 0.05) is 18.7 Å². The van der Waals surface area contributed by atoms with Crippen molar-refractivity contribution in [3.05, 3.63) is 47.8 Å². The maximum absolute atomic E-state index is 13.6. The van der Waals surface area contributed by atoms with Crippen molar-refractivity contribution in [2.24, 2.45) is 0 Å². The minimum Gasteiger partial charge on any atom is -0.493 e. The lowest BCUT2D eigenvalue weighted by Crippen LogP contribution is -2.34. The molecule has 1 aliphatic heterocycles. The number of anilines is 1. The zero-order valence-corrected chi connectivity index (χ0v) is 15.6. The molecule has 0 bridgehead atoms. The van der Waals surface area contributed by atoms with Crippen molar-refractivity contribution in [2.45, 2.75) is 18.9 Å². The Morgan fingerprint density at radius 2 is 1.81 bits per heavy atom. The fraction of sp³-hybridized carbons (Fsp3) is 0.350. The summed E-state index contributed by atoms with van der Waals surface area (Å²) < 4.78 is 29.5. The molecular formula is C20H23FN2O4. The lowest BCUT2D eigenvalue weighted by atomic mass is 10.0. The largest absolute Gasteiger partial charge is 0.493 e. The van der Waals surface area contributed by atoms with E-state index in [0.717, 1.165) is 18.4 Å². The molecular weight excluding hydrogens is 351 g/mol. The molecule has 0 radical (unpaired) electrons. The predicted octanol–water partition coefficient (Wildman–Crippen LogP) is 4.22. The summed E-state index contributed by atoms with van der Waals surface area (Å²) in [6, 6.07) is 9.34. The summed E-state index contributed by atoms with van der Waals surface area (Å²) in [6.07, 6.45) is 1.66. The third-order valence-electron chi connectivity index (χ3n) is 4.66. The maximum atomic E-state index is 13.6. The Hall–Kier alpha value is -2.96. The number of methoxy groups -OCH3 is 3. The lowest BCUT2D eigenvalue weighted by molar-refractivity contribution is 0.207. The summed E-state index contributed by atoms with van der Waals surface area (Å²) in [7, 11) is 4.55. The Morgan fingerprint density at radius 1 is 1.11 bits per heavy atom. The van der Waals surface area contributed by atoms with Crippen LogP contribution in [0.15, 0.2) is 36.4 Å². The molecule has 0 unspecified atom stereocenters. The third-order valence-corrected chi connectivity index (χ3v) is 4.66. The molecule has 2 amide bonds. The van der Waals surface area contributed by atoms with Crippen LogP contribution in [0.25, 0.3) is 0 Å². The standard InChI is InChI=1S/C20H23FN2O4/c1-25-17-11-15(12-18(26-2)19(17)27-3)22-20(24)23-9-5-8-16(23)13-6-4-7-14(21)10-13/h4,6-7,10-12,16H,5,8-9H2,1-3H3,(H,22,24)/t16-/m1/s1. The Kier molecular flexibility index (Phi) is 5.69. The van der Waals surface area contributed by atoms with Crippen LogP contribution in [0.3, 0.4) is 0 Å². The normalized spacial score (nSPS) is 16.1. The van der Waals surface area contributed by atoms with E-state index in [9.17, 15) is 9.18 Å². The van der Waals surface area contributed by atoms with Gasteiger partial charge in [-0.1, -0.05) is 12.1 Å². The second-order valence-electron chi connectivity index (χ2n) is 6.25. The zero-order valence-electron chi connectivity index (χ0n) is 15.6. The van der Waals surface area contributed by atoms with E-state index in [0.29, 0.717) is 29.5 Å². The third kappa shape index (κ3) is 3.92. The number of rotatable bonds is 5. The number of hydrogen-bond acceptors (Lipinski definition) is 4. The highest BCUT2D eigenvalue weighted by atomic mass is 19.1. The summed E-state index contributed by atoms with van der Waals surface area (Å²) in [6.45, 7) is 0.609. The molecule has 144 valence electrons. The van der Waals surface area contributed by atoms with E-state index in [1.54, 1.807) is 23.1 Å². The first-order valence-corrected chi connectivity index (χ1v) is 8.70. The second kappa shape index (κ2) is 8.16. The molecule has 0 saturated carbocycles. The molecule has 2 aromatic rings. The SMILES string of the molecule is COc1cc(NC(=O)N2CCC[C@@H]2c2cccc(F)c2)cc(OC)c1OC. The second-order valence-corrected chi connectivity index (χ2v) is 6.25. The maximum Gasteiger partial charge on any atom is 0.322 e. The van der Waals surface area contributed by atoms with Crippen LogP contribution in [0.4, 0.5) is 14.9 Å². The fourth-order valence-electron chi connectivity index (χ4n) is 3.42. The van der Waals surface area contributed by atoms with Crippen LogP contribution in [0.1, 0.15) is 24.4 Å². The average Bonchev–Trinajstić information content (AvgIpc) is 3.17. The molecule has 0 spiro atoms. The number of carbonyl (C=O) groups excluding carboxylic acids is 1. The molecule has 6 nitrogen and oxygen atoms in total. The number of hydrogen-bond donors (Lipinski definition) is 1. The quantitative estimate of drug-likeness (QED) is 0.851. The molecule has 1 atom stereocenters. The van der Waals surface area contributed by atoms with Crippen LogP contribution in [0.2, 0.25) is 0 Å². The van der Waals surface area contributed by atoms with E-state index in [1.807, 2.05) is 6.07 Å². The van der Waals surface area contributed by atoms with Gasteiger partial charge in [-0.2, -0.15) is 0 Å². The van der Waals surface area contributed by atoms with E-state index in [-0.39, 0.29) is 17.9 Å². The van der Waals surface area contributed by atoms with Crippen molar-refractivity contribution in [3.63, 3.8) is 0 Å². The lowest BCUT2D eigenvalue weighted by Gasteiger charge is -2.25. The summed E-state index contributed by atoms with van der Waals surface area (Å²) in [5.41, 5.74) is 1.33. The Bertz CT molecular complexity index is 802. The van der Waals surface area contributed by atoms with Gasteiger partial charge in [-0.25, -0.2) is 9.18 Å². The topological polar surface area (TPSA) is 60.0 Å². The summed E-state index contributed by atoms with van der Waals surface area (Å²) in [5.74, 6) is 1.06. The zero-order chi connectivity index (χ0) is 19.4. The molecule has 0 aromatic heterocycles. The van der Waals surface area contributed by atoms with E-state index in [1.165, 1.54) is 33.5 Å². The number of urea groups is 1. The van der Waals surface area contributed by atoms with E-state index in [2.05, 4.69) is 5.32 Å². The van der Waals surface area contributed by atoms with Gasteiger partial charge < -0.3 is 24.4 Å². The number of amides is 2. The van der Waals surface area contributed by atoms with Crippen molar-refractivity contribution in [1.82, 2.24) is 4.90 Å². The van der Waals surface area contributed by atoms with Crippen molar-refractivity contribution >= 4 is 11.7 Å². The van der Waals surface area contributed by atoms with Crippen molar-refractivity contribution in [3.8, 4) is 17.2 Å². The summed E-state index contributed by atoms with van der Waals surface area (Å²) >= 11 is 0. The monoisotopic (exact) mass is 374 g/mol. The van der Waals surface area contributed by atoms with Gasteiger partial charge in [-0.3, -0.25) is 0 Å². The van der Waals surface area contributed by atoms with Gasteiger partial charge in [0.05, 0.1) is 33.1 Å². The minimum absolute atomic E-state index is 0.150. The number of halogens is 1. The number of nitrogens with zero attached hydrogens (tertiary/aromatic N) is 1. The molecule has 27 heavy (non-hydrogen) atoms. The highest BCUT2D eigenvalue weighted by Gasteiger charge is 2.30. The molecule has 2 aromatic carbocycles. The van der Waals surface area contributed by atoms with Gasteiger partial charge in [0.2, 0.25) is 5.75 Å². The number of ether oxygens (including phenoxy) is 3. The molecule has 7 heteroatoms. The Balaban J connectivity index is 1.82.